The van der Waals surface area contributed by atoms with Crippen molar-refractivity contribution >= 4 is 0 Å². The Morgan fingerprint density at radius 1 is 1.29 bits per heavy atom. The van der Waals surface area contributed by atoms with Crippen LogP contribution in [-0.4, -0.2) is 6.04 Å². The Balaban J connectivity index is 2.40. The average Bonchev–Trinajstić information content (AvgIpc) is 2.89. The smallest absolute Gasteiger partial charge is 0.00737 e. The molecule has 5 atom stereocenters. The summed E-state index contributed by atoms with van der Waals surface area (Å²) in [5.74, 6) is 3.44. The van der Waals surface area contributed by atoms with Crippen LogP contribution in [0.5, 0.6) is 0 Å². The van der Waals surface area contributed by atoms with Crippen LogP contribution < -0.4 is 5.73 Å². The molecule has 1 fully saturated rings. The molecule has 1 heteroatoms. The lowest BCUT2D eigenvalue weighted by molar-refractivity contribution is 0.218. The third kappa shape index (κ3) is 2.73. The molecule has 0 aromatic rings. The molecule has 1 aliphatic rings. The molecule has 1 nitrogen and oxygen atoms in total. The second-order valence-corrected chi connectivity index (χ2v) is 5.24. The Hall–Kier alpha value is -0.0400. The van der Waals surface area contributed by atoms with E-state index in [1.165, 1.54) is 25.7 Å². The van der Waals surface area contributed by atoms with Crippen molar-refractivity contribution in [1.29, 1.82) is 0 Å². The van der Waals surface area contributed by atoms with E-state index in [0.717, 1.165) is 23.7 Å². The van der Waals surface area contributed by atoms with Crippen LogP contribution in [0.2, 0.25) is 0 Å². The summed E-state index contributed by atoms with van der Waals surface area (Å²) >= 11 is 0. The molecule has 0 aliphatic heterocycles. The van der Waals surface area contributed by atoms with Crippen molar-refractivity contribution in [3.05, 3.63) is 0 Å². The molecule has 0 spiro atoms. The van der Waals surface area contributed by atoms with Crippen molar-refractivity contribution in [2.24, 2.45) is 29.4 Å². The van der Waals surface area contributed by atoms with Gasteiger partial charge in [-0.2, -0.15) is 0 Å². The minimum atomic E-state index is 0.520. The molecule has 0 aromatic carbocycles. The van der Waals surface area contributed by atoms with Gasteiger partial charge < -0.3 is 5.73 Å². The first-order valence-corrected chi connectivity index (χ1v) is 6.37. The molecule has 0 amide bonds. The van der Waals surface area contributed by atoms with Crippen LogP contribution in [0.3, 0.4) is 0 Å². The lowest BCUT2D eigenvalue weighted by Gasteiger charge is -2.28. The number of nitrogens with two attached hydrogens (primary N) is 1. The largest absolute Gasteiger partial charge is 0.327 e. The molecule has 0 bridgehead atoms. The SMILES string of the molecule is CCCC(CC)C(C)C(C)C1CC1N. The average molecular weight is 197 g/mol. The zero-order chi connectivity index (χ0) is 10.7. The first-order valence-electron chi connectivity index (χ1n) is 6.37. The van der Waals surface area contributed by atoms with E-state index >= 15 is 0 Å². The third-order valence-corrected chi connectivity index (χ3v) is 4.32. The Morgan fingerprint density at radius 3 is 2.21 bits per heavy atom. The van der Waals surface area contributed by atoms with Gasteiger partial charge in [-0.05, 0) is 30.1 Å². The lowest BCUT2D eigenvalue weighted by Crippen LogP contribution is -2.22. The summed E-state index contributed by atoms with van der Waals surface area (Å²) in [6, 6.07) is 0.520. The van der Waals surface area contributed by atoms with Crippen LogP contribution in [0.1, 0.15) is 53.4 Å². The number of rotatable bonds is 6. The lowest BCUT2D eigenvalue weighted by atomic mass is 9.78. The predicted molar refractivity (Wildman–Crippen MR) is 63.1 cm³/mol. The van der Waals surface area contributed by atoms with E-state index in [-0.39, 0.29) is 0 Å². The van der Waals surface area contributed by atoms with Crippen LogP contribution in [0, 0.1) is 23.7 Å². The first kappa shape index (κ1) is 12.0. The summed E-state index contributed by atoms with van der Waals surface area (Å²) in [7, 11) is 0. The van der Waals surface area contributed by atoms with Gasteiger partial charge in [-0.25, -0.2) is 0 Å². The van der Waals surface area contributed by atoms with E-state index in [2.05, 4.69) is 27.7 Å². The maximum absolute atomic E-state index is 5.92. The Labute approximate surface area is 89.5 Å². The fourth-order valence-electron chi connectivity index (χ4n) is 2.87. The molecule has 0 radical (unpaired) electrons. The highest BCUT2D eigenvalue weighted by Crippen LogP contribution is 2.42. The molecule has 0 aromatic heterocycles. The van der Waals surface area contributed by atoms with Crippen molar-refractivity contribution in [3.63, 3.8) is 0 Å². The van der Waals surface area contributed by atoms with Gasteiger partial charge in [0.25, 0.3) is 0 Å². The van der Waals surface area contributed by atoms with E-state index < -0.39 is 0 Å². The Kier molecular flexibility index (Phi) is 4.43. The van der Waals surface area contributed by atoms with Gasteiger partial charge in [0, 0.05) is 6.04 Å². The van der Waals surface area contributed by atoms with Crippen LogP contribution in [0.15, 0.2) is 0 Å². The fourth-order valence-corrected chi connectivity index (χ4v) is 2.87. The standard InChI is InChI=1S/C13H27N/c1-5-7-11(6-2)9(3)10(4)12-8-13(12)14/h9-13H,5-8,14H2,1-4H3. The molecular formula is C13H27N. The van der Waals surface area contributed by atoms with Crippen molar-refractivity contribution in [1.82, 2.24) is 0 Å². The summed E-state index contributed by atoms with van der Waals surface area (Å²) in [4.78, 5) is 0. The van der Waals surface area contributed by atoms with Crippen molar-refractivity contribution < 1.29 is 0 Å². The first-order chi connectivity index (χ1) is 6.61. The highest BCUT2D eigenvalue weighted by molar-refractivity contribution is 4.95. The molecule has 84 valence electrons. The normalized spacial score (nSPS) is 32.4. The maximum atomic E-state index is 5.92. The second-order valence-electron chi connectivity index (χ2n) is 5.24. The fraction of sp³-hybridized carbons (Fsp3) is 1.00. The van der Waals surface area contributed by atoms with Gasteiger partial charge in [0.05, 0.1) is 0 Å². The van der Waals surface area contributed by atoms with E-state index in [9.17, 15) is 0 Å². The van der Waals surface area contributed by atoms with Gasteiger partial charge in [0.15, 0.2) is 0 Å². The van der Waals surface area contributed by atoms with Crippen molar-refractivity contribution in [2.75, 3.05) is 0 Å². The molecule has 0 saturated heterocycles. The number of hydrogen-bond acceptors (Lipinski definition) is 1. The summed E-state index contributed by atoms with van der Waals surface area (Å²) in [6.45, 7) is 9.46. The summed E-state index contributed by atoms with van der Waals surface area (Å²) in [5, 5.41) is 0. The Morgan fingerprint density at radius 2 is 1.86 bits per heavy atom. The van der Waals surface area contributed by atoms with Gasteiger partial charge in [0.1, 0.15) is 0 Å². The Bertz CT molecular complexity index is 165. The molecule has 0 heterocycles. The van der Waals surface area contributed by atoms with Crippen LogP contribution in [0.4, 0.5) is 0 Å². The van der Waals surface area contributed by atoms with Gasteiger partial charge in [-0.15, -0.1) is 0 Å². The predicted octanol–water partition coefficient (Wildman–Crippen LogP) is 3.43. The minimum absolute atomic E-state index is 0.520. The highest BCUT2D eigenvalue weighted by atomic mass is 14.8. The third-order valence-electron chi connectivity index (χ3n) is 4.32. The van der Waals surface area contributed by atoms with Gasteiger partial charge in [-0.1, -0.05) is 47.0 Å². The van der Waals surface area contributed by atoms with E-state index in [1.807, 2.05) is 0 Å². The monoisotopic (exact) mass is 197 g/mol. The minimum Gasteiger partial charge on any atom is -0.327 e. The van der Waals surface area contributed by atoms with E-state index in [4.69, 9.17) is 5.73 Å². The molecule has 2 N–H and O–H groups in total. The van der Waals surface area contributed by atoms with Crippen molar-refractivity contribution in [3.8, 4) is 0 Å². The molecule has 1 rings (SSSR count). The topological polar surface area (TPSA) is 26.0 Å². The molecule has 5 unspecified atom stereocenters. The van der Waals surface area contributed by atoms with E-state index in [0.29, 0.717) is 6.04 Å². The van der Waals surface area contributed by atoms with Crippen LogP contribution >= 0.6 is 0 Å². The van der Waals surface area contributed by atoms with Gasteiger partial charge in [0.2, 0.25) is 0 Å². The molecule has 1 saturated carbocycles. The summed E-state index contributed by atoms with van der Waals surface area (Å²) in [6.07, 6.45) is 5.33. The molecular weight excluding hydrogens is 170 g/mol. The highest BCUT2D eigenvalue weighted by Gasteiger charge is 2.41. The van der Waals surface area contributed by atoms with Gasteiger partial charge >= 0.3 is 0 Å². The molecule has 1 aliphatic carbocycles. The van der Waals surface area contributed by atoms with E-state index in [1.54, 1.807) is 0 Å². The van der Waals surface area contributed by atoms with Gasteiger partial charge in [-0.3, -0.25) is 0 Å². The van der Waals surface area contributed by atoms with Crippen LogP contribution in [-0.2, 0) is 0 Å². The number of hydrogen-bond donors (Lipinski definition) is 1. The zero-order valence-corrected chi connectivity index (χ0v) is 10.3. The maximum Gasteiger partial charge on any atom is 0.00737 e. The second kappa shape index (κ2) is 5.16. The summed E-state index contributed by atoms with van der Waals surface area (Å²) < 4.78 is 0. The van der Waals surface area contributed by atoms with Crippen molar-refractivity contribution in [2.45, 2.75) is 59.4 Å². The zero-order valence-electron chi connectivity index (χ0n) is 10.3. The van der Waals surface area contributed by atoms with Crippen LogP contribution in [0.25, 0.3) is 0 Å². The molecule has 14 heavy (non-hydrogen) atoms. The summed E-state index contributed by atoms with van der Waals surface area (Å²) in [5.41, 5.74) is 5.92. The quantitative estimate of drug-likeness (QED) is 0.693.